The van der Waals surface area contributed by atoms with Crippen LogP contribution in [0.2, 0.25) is 0 Å². The van der Waals surface area contributed by atoms with Crippen molar-refractivity contribution >= 4 is 18.0 Å². The van der Waals surface area contributed by atoms with Crippen molar-refractivity contribution in [3.05, 3.63) is 59.7 Å². The van der Waals surface area contributed by atoms with Gasteiger partial charge in [-0.15, -0.1) is 0 Å². The van der Waals surface area contributed by atoms with Crippen molar-refractivity contribution in [2.24, 2.45) is 5.41 Å². The fraction of sp³-hybridized carbons (Fsp3) is 0.464. The van der Waals surface area contributed by atoms with Crippen molar-refractivity contribution in [3.63, 3.8) is 0 Å². The first-order chi connectivity index (χ1) is 16.8. The van der Waals surface area contributed by atoms with Gasteiger partial charge in [0.15, 0.2) is 0 Å². The zero-order valence-corrected chi connectivity index (χ0v) is 20.5. The number of nitrogens with one attached hydrogen (secondary N) is 1. The highest BCUT2D eigenvalue weighted by molar-refractivity contribution is 5.84. The number of alkyl carbamates (subject to hydrolysis) is 1. The molecule has 1 saturated carbocycles. The number of benzene rings is 2. The fourth-order valence-electron chi connectivity index (χ4n) is 5.60. The normalized spacial score (nSPS) is 20.7. The second kappa shape index (κ2) is 10.5. The Morgan fingerprint density at radius 2 is 1.69 bits per heavy atom. The molecule has 2 aromatic carbocycles. The third-order valence-electron chi connectivity index (χ3n) is 7.56. The number of carbonyl (C=O) groups excluding carboxylic acids is 2. The molecule has 0 spiro atoms. The van der Waals surface area contributed by atoms with E-state index in [-0.39, 0.29) is 30.9 Å². The van der Waals surface area contributed by atoms with E-state index >= 15 is 0 Å². The summed E-state index contributed by atoms with van der Waals surface area (Å²) in [7, 11) is 1.75. The van der Waals surface area contributed by atoms with Crippen LogP contribution in [-0.2, 0) is 14.3 Å². The lowest BCUT2D eigenvalue weighted by molar-refractivity contribution is -0.140. The second-order valence-corrected chi connectivity index (χ2v) is 9.91. The molecule has 1 fully saturated rings. The number of hydrogen-bond acceptors (Lipinski definition) is 4. The second-order valence-electron chi connectivity index (χ2n) is 9.91. The maximum absolute atomic E-state index is 13.2. The quantitative estimate of drug-likeness (QED) is 0.505. The van der Waals surface area contributed by atoms with Crippen molar-refractivity contribution in [3.8, 4) is 11.1 Å². The van der Waals surface area contributed by atoms with Crippen LogP contribution in [0.4, 0.5) is 4.79 Å². The summed E-state index contributed by atoms with van der Waals surface area (Å²) in [5.41, 5.74) is 3.97. The SMILES string of the molecule is CN(CCCCC(=O)O)C(=O)C1(C)CCCC1NC(=O)OCC1c2ccccc2-c2ccccc21. The average molecular weight is 479 g/mol. The van der Waals surface area contributed by atoms with E-state index in [2.05, 4.69) is 29.6 Å². The Bertz CT molecular complexity index is 1050. The summed E-state index contributed by atoms with van der Waals surface area (Å²) in [6.07, 6.45) is 3.04. The molecule has 0 aliphatic heterocycles. The Hall–Kier alpha value is -3.35. The van der Waals surface area contributed by atoms with Gasteiger partial charge < -0.3 is 20.1 Å². The van der Waals surface area contributed by atoms with Crippen molar-refractivity contribution < 1.29 is 24.2 Å². The monoisotopic (exact) mass is 478 g/mol. The Morgan fingerprint density at radius 1 is 1.06 bits per heavy atom. The van der Waals surface area contributed by atoms with Crippen LogP contribution in [0.1, 0.15) is 62.5 Å². The van der Waals surface area contributed by atoms with Gasteiger partial charge in [-0.25, -0.2) is 4.79 Å². The number of rotatable bonds is 9. The first-order valence-corrected chi connectivity index (χ1v) is 12.4. The highest BCUT2D eigenvalue weighted by Gasteiger charge is 2.47. The number of ether oxygens (including phenoxy) is 1. The molecule has 0 bridgehead atoms. The van der Waals surface area contributed by atoms with E-state index in [1.54, 1.807) is 11.9 Å². The molecule has 0 radical (unpaired) electrons. The number of carboxylic acid groups (broad SMARTS) is 1. The number of amides is 2. The highest BCUT2D eigenvalue weighted by atomic mass is 16.5. The highest BCUT2D eigenvalue weighted by Crippen LogP contribution is 2.44. The predicted octanol–water partition coefficient (Wildman–Crippen LogP) is 4.80. The largest absolute Gasteiger partial charge is 0.481 e. The van der Waals surface area contributed by atoms with Gasteiger partial charge in [0.05, 0.1) is 5.41 Å². The van der Waals surface area contributed by atoms with Crippen molar-refractivity contribution in [1.82, 2.24) is 10.2 Å². The number of unbranched alkanes of at least 4 members (excludes halogenated alkanes) is 1. The lowest BCUT2D eigenvalue weighted by Crippen LogP contribution is -2.51. The Labute approximate surface area is 206 Å². The number of hydrogen-bond donors (Lipinski definition) is 2. The number of fused-ring (bicyclic) bond motifs is 3. The lowest BCUT2D eigenvalue weighted by atomic mass is 9.83. The number of nitrogens with zero attached hydrogens (tertiary/aromatic N) is 1. The summed E-state index contributed by atoms with van der Waals surface area (Å²) in [5.74, 6) is -0.856. The van der Waals surface area contributed by atoms with Gasteiger partial charge in [-0.3, -0.25) is 9.59 Å². The molecule has 2 atom stereocenters. The molecule has 0 aromatic heterocycles. The van der Waals surface area contributed by atoms with Gasteiger partial charge in [0.2, 0.25) is 5.91 Å². The van der Waals surface area contributed by atoms with Crippen LogP contribution in [0, 0.1) is 5.41 Å². The van der Waals surface area contributed by atoms with Gasteiger partial charge in [-0.05, 0) is 54.9 Å². The van der Waals surface area contributed by atoms with E-state index in [1.165, 1.54) is 11.1 Å². The molecule has 0 heterocycles. The van der Waals surface area contributed by atoms with Crippen LogP contribution in [0.3, 0.4) is 0 Å². The van der Waals surface area contributed by atoms with Crippen LogP contribution >= 0.6 is 0 Å². The van der Waals surface area contributed by atoms with Crippen LogP contribution in [0.15, 0.2) is 48.5 Å². The van der Waals surface area contributed by atoms with E-state index in [0.717, 1.165) is 24.0 Å². The molecule has 2 unspecified atom stereocenters. The molecule has 0 saturated heterocycles. The Kier molecular flexibility index (Phi) is 7.43. The maximum Gasteiger partial charge on any atom is 0.407 e. The minimum absolute atomic E-state index is 0.0123. The molecule has 2 aliphatic rings. The molecule has 2 amide bonds. The third-order valence-corrected chi connectivity index (χ3v) is 7.56. The van der Waals surface area contributed by atoms with Crippen LogP contribution in [-0.4, -0.2) is 54.2 Å². The van der Waals surface area contributed by atoms with Crippen LogP contribution < -0.4 is 5.32 Å². The van der Waals surface area contributed by atoms with E-state index in [4.69, 9.17) is 9.84 Å². The van der Waals surface area contributed by atoms with Crippen molar-refractivity contribution in [2.45, 2.75) is 57.4 Å². The Morgan fingerprint density at radius 3 is 2.31 bits per heavy atom. The molecule has 4 rings (SSSR count). The minimum Gasteiger partial charge on any atom is -0.481 e. The maximum atomic E-state index is 13.2. The molecule has 2 aromatic rings. The van der Waals surface area contributed by atoms with E-state index in [0.29, 0.717) is 25.8 Å². The number of carboxylic acids is 1. The zero-order valence-electron chi connectivity index (χ0n) is 20.5. The minimum atomic E-state index is -0.825. The predicted molar refractivity (Wildman–Crippen MR) is 133 cm³/mol. The van der Waals surface area contributed by atoms with Gasteiger partial charge in [0, 0.05) is 32.0 Å². The summed E-state index contributed by atoms with van der Waals surface area (Å²) in [6, 6.07) is 16.1. The molecule has 186 valence electrons. The van der Waals surface area contributed by atoms with Gasteiger partial charge in [0.1, 0.15) is 6.61 Å². The number of aliphatic carboxylic acids is 1. The lowest BCUT2D eigenvalue weighted by Gasteiger charge is -2.34. The molecule has 7 heteroatoms. The molecule has 35 heavy (non-hydrogen) atoms. The molecule has 2 N–H and O–H groups in total. The summed E-state index contributed by atoms with van der Waals surface area (Å²) in [6.45, 7) is 2.64. The summed E-state index contributed by atoms with van der Waals surface area (Å²) in [4.78, 5) is 38.4. The van der Waals surface area contributed by atoms with E-state index < -0.39 is 17.5 Å². The van der Waals surface area contributed by atoms with Crippen molar-refractivity contribution in [1.29, 1.82) is 0 Å². The first kappa shape index (κ1) is 24.8. The van der Waals surface area contributed by atoms with E-state index in [1.807, 2.05) is 31.2 Å². The van der Waals surface area contributed by atoms with Gasteiger partial charge >= 0.3 is 12.1 Å². The third kappa shape index (κ3) is 5.19. The van der Waals surface area contributed by atoms with Gasteiger partial charge in [-0.1, -0.05) is 55.0 Å². The van der Waals surface area contributed by atoms with Crippen LogP contribution in [0.25, 0.3) is 11.1 Å². The topological polar surface area (TPSA) is 95.9 Å². The smallest absolute Gasteiger partial charge is 0.407 e. The molecular weight excluding hydrogens is 444 g/mol. The fourth-order valence-corrected chi connectivity index (χ4v) is 5.60. The number of carbonyl (C=O) groups is 3. The summed E-state index contributed by atoms with van der Waals surface area (Å²) in [5, 5.41) is 11.8. The summed E-state index contributed by atoms with van der Waals surface area (Å²) < 4.78 is 5.71. The molecule has 2 aliphatic carbocycles. The Balaban J connectivity index is 1.35. The molecule has 7 nitrogen and oxygen atoms in total. The summed E-state index contributed by atoms with van der Waals surface area (Å²) >= 11 is 0. The first-order valence-electron chi connectivity index (χ1n) is 12.4. The van der Waals surface area contributed by atoms with Crippen molar-refractivity contribution in [2.75, 3.05) is 20.2 Å². The standard InChI is InChI=1S/C28H34N2O5/c1-28(26(33)30(2)17-8-7-15-25(31)32)16-9-14-24(28)29-27(34)35-18-23-21-12-5-3-10-19(21)20-11-4-6-13-22(20)23/h3-6,10-13,23-24H,7-9,14-18H2,1-2H3,(H,29,34)(H,31,32). The van der Waals surface area contributed by atoms with Crippen LogP contribution in [0.5, 0.6) is 0 Å². The average Bonchev–Trinajstić information content (AvgIpc) is 3.38. The molecular formula is C28H34N2O5. The van der Waals surface area contributed by atoms with Gasteiger partial charge in [-0.2, -0.15) is 0 Å². The van der Waals surface area contributed by atoms with E-state index in [9.17, 15) is 14.4 Å². The van der Waals surface area contributed by atoms with Gasteiger partial charge in [0.25, 0.3) is 0 Å². The zero-order chi connectivity index (χ0) is 25.0.